The van der Waals surface area contributed by atoms with Gasteiger partial charge in [0.1, 0.15) is 11.5 Å². The van der Waals surface area contributed by atoms with Gasteiger partial charge in [-0.05, 0) is 61.0 Å². The smallest absolute Gasteiger partial charge is 0.261 e. The Balaban J connectivity index is 1.35. The molecule has 0 saturated carbocycles. The number of rotatable bonds is 7. The maximum atomic E-state index is 12.4. The van der Waals surface area contributed by atoms with Crippen LogP contribution in [0.2, 0.25) is 0 Å². The highest BCUT2D eigenvalue weighted by Crippen LogP contribution is 2.22. The Kier molecular flexibility index (Phi) is 6.08. The van der Waals surface area contributed by atoms with Crippen molar-refractivity contribution in [2.45, 2.75) is 19.6 Å². The maximum absolute atomic E-state index is 12.4. The molecule has 6 heteroatoms. The molecule has 0 unspecified atom stereocenters. The van der Waals surface area contributed by atoms with Crippen LogP contribution in [0.3, 0.4) is 0 Å². The summed E-state index contributed by atoms with van der Waals surface area (Å²) >= 11 is 0. The number of hydrogen-bond acceptors (Lipinski definition) is 5. The zero-order valence-corrected chi connectivity index (χ0v) is 17.4. The van der Waals surface area contributed by atoms with Crippen molar-refractivity contribution >= 4 is 16.9 Å². The first-order valence-electron chi connectivity index (χ1n) is 10.0. The summed E-state index contributed by atoms with van der Waals surface area (Å²) in [4.78, 5) is 21.5. The van der Waals surface area contributed by atoms with Crippen molar-refractivity contribution in [2.75, 3.05) is 7.11 Å². The van der Waals surface area contributed by atoms with Crippen LogP contribution in [0, 0.1) is 0 Å². The van der Waals surface area contributed by atoms with Crippen LogP contribution in [-0.4, -0.2) is 29.1 Å². The first kappa shape index (κ1) is 20.3. The molecule has 156 valence electrons. The number of nitrogens with one attached hydrogen (secondary N) is 1. The Hall–Kier alpha value is -3.93. The van der Waals surface area contributed by atoms with Gasteiger partial charge in [0.15, 0.2) is 6.10 Å². The highest BCUT2D eigenvalue weighted by atomic mass is 16.5. The molecule has 6 nitrogen and oxygen atoms in total. The molecule has 0 aliphatic heterocycles. The van der Waals surface area contributed by atoms with Crippen molar-refractivity contribution in [1.82, 2.24) is 15.3 Å². The minimum Gasteiger partial charge on any atom is -0.497 e. The molecular formula is C25H23N3O3. The van der Waals surface area contributed by atoms with Gasteiger partial charge < -0.3 is 14.8 Å². The van der Waals surface area contributed by atoms with Gasteiger partial charge in [-0.3, -0.25) is 9.78 Å². The summed E-state index contributed by atoms with van der Waals surface area (Å²) in [5.41, 5.74) is 4.42. The van der Waals surface area contributed by atoms with E-state index in [1.54, 1.807) is 20.2 Å². The minimum atomic E-state index is -0.621. The number of para-hydroxylation sites is 2. The summed E-state index contributed by atoms with van der Waals surface area (Å²) < 4.78 is 10.9. The molecule has 0 aliphatic carbocycles. The van der Waals surface area contributed by atoms with Gasteiger partial charge in [-0.15, -0.1) is 0 Å². The van der Waals surface area contributed by atoms with Crippen LogP contribution in [0.5, 0.6) is 11.5 Å². The molecule has 0 saturated heterocycles. The van der Waals surface area contributed by atoms with E-state index < -0.39 is 6.10 Å². The Morgan fingerprint density at radius 3 is 2.32 bits per heavy atom. The summed E-state index contributed by atoms with van der Waals surface area (Å²) in [6.45, 7) is 2.15. The van der Waals surface area contributed by atoms with Crippen molar-refractivity contribution in [3.63, 3.8) is 0 Å². The Morgan fingerprint density at radius 2 is 1.61 bits per heavy atom. The molecule has 4 rings (SSSR count). The van der Waals surface area contributed by atoms with Gasteiger partial charge in [0.25, 0.3) is 5.91 Å². The molecule has 1 aromatic heterocycles. The third-order valence-corrected chi connectivity index (χ3v) is 4.91. The molecule has 0 bridgehead atoms. The summed E-state index contributed by atoms with van der Waals surface area (Å²) in [6.07, 6.45) is 1.14. The van der Waals surface area contributed by atoms with Gasteiger partial charge in [-0.1, -0.05) is 24.3 Å². The van der Waals surface area contributed by atoms with E-state index in [4.69, 9.17) is 9.47 Å². The van der Waals surface area contributed by atoms with Crippen LogP contribution in [-0.2, 0) is 11.3 Å². The molecular weight excluding hydrogens is 390 g/mol. The standard InChI is InChI=1S/C25H23N3O3/c1-17(25(29)27-15-18-7-11-20(30-2)12-8-18)31-21-13-9-19(10-14-21)24-16-26-22-5-3-4-6-23(22)28-24/h3-14,16-17H,15H2,1-2H3,(H,27,29)/t17-/m1/s1. The van der Waals surface area contributed by atoms with Crippen LogP contribution in [0.1, 0.15) is 12.5 Å². The van der Waals surface area contributed by atoms with E-state index in [0.717, 1.165) is 33.6 Å². The SMILES string of the molecule is COc1ccc(CNC(=O)[C@@H](C)Oc2ccc(-c3cnc4ccccc4n3)cc2)cc1. The van der Waals surface area contributed by atoms with Gasteiger partial charge in [-0.2, -0.15) is 0 Å². The van der Waals surface area contributed by atoms with Crippen LogP contribution >= 0.6 is 0 Å². The summed E-state index contributed by atoms with van der Waals surface area (Å²) in [6, 6.07) is 22.8. The second-order valence-corrected chi connectivity index (χ2v) is 7.09. The lowest BCUT2D eigenvalue weighted by Gasteiger charge is -2.15. The number of benzene rings is 3. The number of methoxy groups -OCH3 is 1. The van der Waals surface area contributed by atoms with E-state index >= 15 is 0 Å². The molecule has 1 N–H and O–H groups in total. The third-order valence-electron chi connectivity index (χ3n) is 4.91. The fourth-order valence-corrected chi connectivity index (χ4v) is 3.13. The number of carbonyl (C=O) groups is 1. The Morgan fingerprint density at radius 1 is 0.935 bits per heavy atom. The lowest BCUT2D eigenvalue weighted by atomic mass is 10.1. The molecule has 0 fully saturated rings. The van der Waals surface area contributed by atoms with E-state index in [-0.39, 0.29) is 5.91 Å². The van der Waals surface area contributed by atoms with Crippen molar-refractivity contribution in [1.29, 1.82) is 0 Å². The minimum absolute atomic E-state index is 0.180. The average Bonchev–Trinajstić information content (AvgIpc) is 2.83. The zero-order valence-electron chi connectivity index (χ0n) is 17.4. The highest BCUT2D eigenvalue weighted by Gasteiger charge is 2.14. The summed E-state index contributed by atoms with van der Waals surface area (Å²) in [5.74, 6) is 1.22. The fraction of sp³-hybridized carbons (Fsp3) is 0.160. The van der Waals surface area contributed by atoms with Crippen LogP contribution in [0.15, 0.2) is 79.0 Å². The van der Waals surface area contributed by atoms with Crippen molar-refractivity contribution in [2.24, 2.45) is 0 Å². The third kappa shape index (κ3) is 4.98. The lowest BCUT2D eigenvalue weighted by molar-refractivity contribution is -0.127. The number of fused-ring (bicyclic) bond motifs is 1. The molecule has 0 spiro atoms. The van der Waals surface area contributed by atoms with Gasteiger partial charge >= 0.3 is 0 Å². The summed E-state index contributed by atoms with van der Waals surface area (Å²) in [5, 5.41) is 2.89. The van der Waals surface area contributed by atoms with Gasteiger partial charge in [0.2, 0.25) is 0 Å². The van der Waals surface area contributed by atoms with Crippen molar-refractivity contribution < 1.29 is 14.3 Å². The quantitative estimate of drug-likeness (QED) is 0.486. The number of nitrogens with zero attached hydrogens (tertiary/aromatic N) is 2. The zero-order chi connectivity index (χ0) is 21.6. The number of carbonyl (C=O) groups excluding carboxylic acids is 1. The van der Waals surface area contributed by atoms with E-state index in [1.807, 2.05) is 72.8 Å². The summed E-state index contributed by atoms with van der Waals surface area (Å²) in [7, 11) is 1.62. The van der Waals surface area contributed by atoms with Crippen molar-refractivity contribution in [3.8, 4) is 22.8 Å². The number of hydrogen-bond donors (Lipinski definition) is 1. The topological polar surface area (TPSA) is 73.3 Å². The molecule has 1 amide bonds. The highest BCUT2D eigenvalue weighted by molar-refractivity contribution is 5.80. The molecule has 0 aliphatic rings. The normalized spacial score (nSPS) is 11.7. The second-order valence-electron chi connectivity index (χ2n) is 7.09. The second kappa shape index (κ2) is 9.26. The predicted molar refractivity (Wildman–Crippen MR) is 120 cm³/mol. The molecule has 4 aromatic rings. The first-order chi connectivity index (χ1) is 15.1. The Labute approximate surface area is 180 Å². The molecule has 31 heavy (non-hydrogen) atoms. The van der Waals surface area contributed by atoms with Gasteiger partial charge in [0.05, 0.1) is 30.0 Å². The van der Waals surface area contributed by atoms with E-state index in [1.165, 1.54) is 0 Å². The maximum Gasteiger partial charge on any atom is 0.261 e. The van der Waals surface area contributed by atoms with Gasteiger partial charge in [0, 0.05) is 12.1 Å². The lowest BCUT2D eigenvalue weighted by Crippen LogP contribution is -2.35. The molecule has 1 heterocycles. The monoisotopic (exact) mass is 413 g/mol. The number of ether oxygens (including phenoxy) is 2. The number of amides is 1. The predicted octanol–water partition coefficient (Wildman–Crippen LogP) is 4.39. The number of aromatic nitrogens is 2. The van der Waals surface area contributed by atoms with Crippen molar-refractivity contribution in [3.05, 3.63) is 84.6 Å². The Bertz CT molecular complexity index is 1170. The van der Waals surface area contributed by atoms with E-state index in [2.05, 4.69) is 15.3 Å². The van der Waals surface area contributed by atoms with Crippen LogP contribution in [0.25, 0.3) is 22.3 Å². The first-order valence-corrected chi connectivity index (χ1v) is 10.0. The van der Waals surface area contributed by atoms with Gasteiger partial charge in [-0.25, -0.2) is 4.98 Å². The van der Waals surface area contributed by atoms with E-state index in [0.29, 0.717) is 12.3 Å². The fourth-order valence-electron chi connectivity index (χ4n) is 3.13. The van der Waals surface area contributed by atoms with E-state index in [9.17, 15) is 4.79 Å². The average molecular weight is 413 g/mol. The molecule has 0 radical (unpaired) electrons. The molecule has 1 atom stereocenters. The largest absolute Gasteiger partial charge is 0.497 e. The van der Waals surface area contributed by atoms with Crippen LogP contribution in [0.4, 0.5) is 0 Å². The molecule has 3 aromatic carbocycles. The van der Waals surface area contributed by atoms with Crippen LogP contribution < -0.4 is 14.8 Å².